The van der Waals surface area contributed by atoms with Crippen molar-refractivity contribution in [3.63, 3.8) is 0 Å². The number of ether oxygens (including phenoxy) is 2. The molecule has 0 fully saturated rings. The summed E-state index contributed by atoms with van der Waals surface area (Å²) in [6, 6.07) is 6.98. The van der Waals surface area contributed by atoms with Gasteiger partial charge >= 0.3 is 37.9 Å². The second-order valence-corrected chi connectivity index (χ2v) is 8.98. The van der Waals surface area contributed by atoms with Gasteiger partial charge in [0.1, 0.15) is 11.5 Å². The van der Waals surface area contributed by atoms with E-state index in [2.05, 4.69) is 0 Å². The van der Waals surface area contributed by atoms with Crippen LogP contribution in [-0.2, 0) is 20.8 Å². The molecule has 2 aromatic rings. The van der Waals surface area contributed by atoms with Crippen LogP contribution in [0.1, 0.15) is 22.3 Å². The molecule has 2 rings (SSSR count). The first kappa shape index (κ1) is 24.1. The van der Waals surface area contributed by atoms with Gasteiger partial charge in [-0.15, -0.1) is 11.5 Å². The fourth-order valence-corrected chi connectivity index (χ4v) is 2.06. The quantitative estimate of drug-likeness (QED) is 0.670. The van der Waals surface area contributed by atoms with Crippen molar-refractivity contribution in [2.24, 2.45) is 0 Å². The van der Waals surface area contributed by atoms with Crippen molar-refractivity contribution >= 4 is 17.0 Å². The molecular weight excluding hydrogens is 442 g/mol. The van der Waals surface area contributed by atoms with Crippen LogP contribution in [0, 0.1) is 27.7 Å². The molecule has 0 aliphatic rings. The Morgan fingerprint density at radius 1 is 0.680 bits per heavy atom. The first-order chi connectivity index (χ1) is 11.7. The van der Waals surface area contributed by atoms with Crippen LogP contribution in [0.3, 0.4) is 0 Å². The van der Waals surface area contributed by atoms with E-state index in [1.54, 1.807) is 66.2 Å². The molecule has 0 saturated heterocycles. The molecule has 0 heterocycles. The van der Waals surface area contributed by atoms with Gasteiger partial charge in [-0.05, 0) is 52.0 Å². The van der Waals surface area contributed by atoms with Crippen LogP contribution in [-0.4, -0.2) is 14.2 Å². The third-order valence-corrected chi connectivity index (χ3v) is 3.34. The molecule has 0 aromatic heterocycles. The van der Waals surface area contributed by atoms with Crippen LogP contribution >= 0.6 is 17.0 Å². The first-order valence-corrected chi connectivity index (χ1v) is 13.7. The molecule has 25 heavy (non-hydrogen) atoms. The van der Waals surface area contributed by atoms with Crippen molar-refractivity contribution in [2.75, 3.05) is 14.2 Å². The molecule has 0 N–H and O–H groups in total. The van der Waals surface area contributed by atoms with Crippen molar-refractivity contribution in [2.45, 2.75) is 27.7 Å². The van der Waals surface area contributed by atoms with E-state index in [-0.39, 0.29) is 11.5 Å². The van der Waals surface area contributed by atoms with E-state index in [4.69, 9.17) is 26.5 Å². The van der Waals surface area contributed by atoms with Gasteiger partial charge < -0.3 is 19.7 Å². The first-order valence-electron chi connectivity index (χ1n) is 7.32. The molecule has 0 atom stereocenters. The zero-order valence-corrected chi connectivity index (χ0v) is 19.2. The standard InChI is InChI=1S/2C9H12O2.2ClH.Zr/c2*1-6-4-8(11-3)5-7(2)9(6)10;;;/h2*4-5,10H,1-3H3;2*1H;/q;;;;+4/p-4. The van der Waals surface area contributed by atoms with E-state index in [1.807, 2.05) is 0 Å². The number of hydrogen-bond acceptors (Lipinski definition) is 4. The second kappa shape index (κ2) is 12.5. The molecule has 4 nitrogen and oxygen atoms in total. The molecule has 0 unspecified atom stereocenters. The SMILES string of the molecule is COc1cc(C)c([O-])c(C)c1.COc1cc(C)c([O-])c(C)c1.[Cl][Zr+2][Cl]. The molecule has 0 aliphatic heterocycles. The van der Waals surface area contributed by atoms with Crippen LogP contribution in [0.25, 0.3) is 0 Å². The molecule has 136 valence electrons. The van der Waals surface area contributed by atoms with E-state index in [9.17, 15) is 10.2 Å². The van der Waals surface area contributed by atoms with Gasteiger partial charge in [-0.2, -0.15) is 0 Å². The maximum atomic E-state index is 11.2. The minimum absolute atomic E-state index is 0.103. The van der Waals surface area contributed by atoms with Gasteiger partial charge in [0.15, 0.2) is 0 Å². The summed E-state index contributed by atoms with van der Waals surface area (Å²) < 4.78 is 9.98. The molecule has 0 radical (unpaired) electrons. The van der Waals surface area contributed by atoms with Gasteiger partial charge in [-0.3, -0.25) is 0 Å². The Morgan fingerprint density at radius 3 is 1.04 bits per heavy atom. The average molecular weight is 465 g/mol. The van der Waals surface area contributed by atoms with Crippen molar-refractivity contribution in [1.29, 1.82) is 0 Å². The van der Waals surface area contributed by atoms with Crippen LogP contribution in [0.15, 0.2) is 24.3 Å². The van der Waals surface area contributed by atoms with Crippen molar-refractivity contribution < 1.29 is 40.5 Å². The number of aryl methyl sites for hydroxylation is 4. The van der Waals surface area contributed by atoms with Crippen molar-refractivity contribution in [1.82, 2.24) is 0 Å². The summed E-state index contributed by atoms with van der Waals surface area (Å²) in [6.45, 7) is 7.16. The number of halogens is 2. The van der Waals surface area contributed by atoms with Crippen molar-refractivity contribution in [3.05, 3.63) is 46.5 Å². The van der Waals surface area contributed by atoms with Crippen molar-refractivity contribution in [3.8, 4) is 23.0 Å². The van der Waals surface area contributed by atoms with E-state index >= 15 is 0 Å². The van der Waals surface area contributed by atoms with Crippen LogP contribution in [0.4, 0.5) is 0 Å². The summed E-state index contributed by atoms with van der Waals surface area (Å²) in [5.74, 6) is 1.70. The van der Waals surface area contributed by atoms with Gasteiger partial charge in [0, 0.05) is 0 Å². The summed E-state index contributed by atoms with van der Waals surface area (Å²) >= 11 is -0.826. The predicted octanol–water partition coefficient (Wildman–Crippen LogP) is 4.15. The Bertz CT molecular complexity index is 575. The summed E-state index contributed by atoms with van der Waals surface area (Å²) in [5.41, 5.74) is 2.95. The van der Waals surface area contributed by atoms with Gasteiger partial charge in [0.25, 0.3) is 0 Å². The number of hydrogen-bond donors (Lipinski definition) is 0. The van der Waals surface area contributed by atoms with Crippen LogP contribution < -0.4 is 19.7 Å². The van der Waals surface area contributed by atoms with Crippen LogP contribution in [0.2, 0.25) is 0 Å². The van der Waals surface area contributed by atoms with E-state index in [1.165, 1.54) is 0 Å². The number of methoxy groups -OCH3 is 2. The summed E-state index contributed by atoms with van der Waals surface area (Å²) in [4.78, 5) is 0. The molecule has 7 heteroatoms. The Labute approximate surface area is 168 Å². The molecule has 0 spiro atoms. The molecular formula is C18H22Cl2O4Zr. The van der Waals surface area contributed by atoms with Gasteiger partial charge in [0.2, 0.25) is 0 Å². The normalized spacial score (nSPS) is 8.96. The third kappa shape index (κ3) is 8.35. The summed E-state index contributed by atoms with van der Waals surface area (Å²) in [5, 5.41) is 22.4. The molecule has 0 saturated carbocycles. The van der Waals surface area contributed by atoms with Gasteiger partial charge in [-0.25, -0.2) is 0 Å². The topological polar surface area (TPSA) is 64.6 Å². The summed E-state index contributed by atoms with van der Waals surface area (Å²) in [6.07, 6.45) is 0. The zero-order valence-electron chi connectivity index (χ0n) is 15.2. The fraction of sp³-hybridized carbons (Fsp3) is 0.333. The summed E-state index contributed by atoms with van der Waals surface area (Å²) in [7, 11) is 13.1. The Kier molecular flexibility index (Phi) is 12.0. The molecule has 0 aliphatic carbocycles. The Hall–Kier alpha value is -0.897. The minimum atomic E-state index is -0.826. The zero-order chi connectivity index (χ0) is 19.6. The predicted molar refractivity (Wildman–Crippen MR) is 95.5 cm³/mol. The number of benzene rings is 2. The van der Waals surface area contributed by atoms with Crippen LogP contribution in [0.5, 0.6) is 23.0 Å². The number of rotatable bonds is 2. The van der Waals surface area contributed by atoms with E-state index < -0.39 is 20.8 Å². The van der Waals surface area contributed by atoms with E-state index in [0.29, 0.717) is 0 Å². The second-order valence-electron chi connectivity index (χ2n) is 5.25. The van der Waals surface area contributed by atoms with E-state index in [0.717, 1.165) is 33.8 Å². The molecule has 2 aromatic carbocycles. The Morgan fingerprint density at radius 2 is 0.880 bits per heavy atom. The maximum absolute atomic E-state index is 11.2. The Balaban J connectivity index is 0.000000399. The average Bonchev–Trinajstić information content (AvgIpc) is 2.57. The fourth-order valence-electron chi connectivity index (χ4n) is 2.06. The molecule has 0 amide bonds. The van der Waals surface area contributed by atoms with Gasteiger partial charge in [0.05, 0.1) is 14.2 Å². The molecule has 0 bridgehead atoms. The monoisotopic (exact) mass is 462 g/mol. The van der Waals surface area contributed by atoms with Gasteiger partial charge in [-0.1, -0.05) is 22.3 Å². The third-order valence-electron chi connectivity index (χ3n) is 3.34.